The number of anilines is 1. The van der Waals surface area contributed by atoms with Crippen LogP contribution in [-0.2, 0) is 9.53 Å². The van der Waals surface area contributed by atoms with Crippen molar-refractivity contribution in [2.45, 2.75) is 6.92 Å². The largest absolute Gasteiger partial charge is 0.508 e. The van der Waals surface area contributed by atoms with E-state index >= 15 is 0 Å². The molecule has 2 N–H and O–H groups in total. The summed E-state index contributed by atoms with van der Waals surface area (Å²) in [6.45, 7) is 1.30. The van der Waals surface area contributed by atoms with Crippen molar-refractivity contribution in [3.8, 4) is 11.5 Å². The fourth-order valence-electron chi connectivity index (χ4n) is 1.82. The van der Waals surface area contributed by atoms with Gasteiger partial charge in [-0.2, -0.15) is 0 Å². The summed E-state index contributed by atoms with van der Waals surface area (Å²) in [6.07, 6.45) is 0. The average Bonchev–Trinajstić information content (AvgIpc) is 2.56. The van der Waals surface area contributed by atoms with Gasteiger partial charge in [-0.15, -0.1) is 0 Å². The highest BCUT2D eigenvalue weighted by atomic mass is 16.5. The van der Waals surface area contributed by atoms with Crippen LogP contribution in [0.2, 0.25) is 0 Å². The van der Waals surface area contributed by atoms with E-state index in [2.05, 4.69) is 5.32 Å². The molecule has 0 radical (unpaired) electrons. The molecule has 2 rings (SSSR count). The quantitative estimate of drug-likeness (QED) is 0.828. The number of rotatable bonds is 5. The second-order valence-corrected chi connectivity index (χ2v) is 4.85. The summed E-state index contributed by atoms with van der Waals surface area (Å²) < 4.78 is 9.93. The normalized spacial score (nSPS) is 10.0. The molecule has 2 aromatic carbocycles. The number of phenols is 1. The maximum absolute atomic E-state index is 11.8. The first-order valence-electron chi connectivity index (χ1n) is 6.90. The minimum atomic E-state index is -0.676. The van der Waals surface area contributed by atoms with Crippen LogP contribution in [0.3, 0.4) is 0 Å². The van der Waals surface area contributed by atoms with Crippen LogP contribution in [0, 0.1) is 6.92 Å². The highest BCUT2D eigenvalue weighted by molar-refractivity contribution is 5.95. The third kappa shape index (κ3) is 4.47. The maximum atomic E-state index is 11.8. The first-order valence-corrected chi connectivity index (χ1v) is 6.90. The highest BCUT2D eigenvalue weighted by Crippen LogP contribution is 2.18. The second kappa shape index (κ2) is 7.31. The summed E-state index contributed by atoms with van der Waals surface area (Å²) in [7, 11) is 1.55. The lowest BCUT2D eigenvalue weighted by atomic mass is 10.1. The molecule has 0 aliphatic rings. The maximum Gasteiger partial charge on any atom is 0.338 e. The van der Waals surface area contributed by atoms with E-state index in [4.69, 9.17) is 9.47 Å². The lowest BCUT2D eigenvalue weighted by Crippen LogP contribution is -2.20. The minimum Gasteiger partial charge on any atom is -0.508 e. The van der Waals surface area contributed by atoms with E-state index in [1.165, 1.54) is 12.1 Å². The molecule has 0 atom stereocenters. The molecule has 0 aliphatic heterocycles. The number of ether oxygens (including phenoxy) is 2. The van der Waals surface area contributed by atoms with E-state index < -0.39 is 18.5 Å². The van der Waals surface area contributed by atoms with Gasteiger partial charge in [0.05, 0.1) is 12.7 Å². The minimum absolute atomic E-state index is 0.00198. The Morgan fingerprint density at radius 1 is 1.13 bits per heavy atom. The van der Waals surface area contributed by atoms with Gasteiger partial charge < -0.3 is 19.9 Å². The summed E-state index contributed by atoms with van der Waals surface area (Å²) in [6, 6.07) is 11.2. The number of amides is 1. The Kier molecular flexibility index (Phi) is 5.19. The van der Waals surface area contributed by atoms with E-state index in [0.29, 0.717) is 17.0 Å². The average molecular weight is 315 g/mol. The fraction of sp³-hybridized carbons (Fsp3) is 0.176. The van der Waals surface area contributed by atoms with Crippen molar-refractivity contribution in [3.05, 3.63) is 53.6 Å². The monoisotopic (exact) mass is 315 g/mol. The molecular formula is C17H17NO5. The third-order valence-electron chi connectivity index (χ3n) is 3.15. The second-order valence-electron chi connectivity index (χ2n) is 4.85. The smallest absolute Gasteiger partial charge is 0.338 e. The van der Waals surface area contributed by atoms with Crippen LogP contribution in [0.15, 0.2) is 42.5 Å². The number of phenolic OH excluding ortho intramolecular Hbond substituents is 1. The standard InChI is InChI=1S/C17H17NO5/c1-11-3-4-12(9-15(11)19)17(21)23-10-16(20)18-13-5-7-14(22-2)8-6-13/h3-9,19H,10H2,1-2H3,(H,18,20). The number of carbonyl (C=O) groups is 2. The van der Waals surface area contributed by atoms with Gasteiger partial charge in [-0.05, 0) is 48.9 Å². The molecule has 6 nitrogen and oxygen atoms in total. The molecule has 0 saturated heterocycles. The highest BCUT2D eigenvalue weighted by Gasteiger charge is 2.12. The number of nitrogens with one attached hydrogen (secondary N) is 1. The van der Waals surface area contributed by atoms with Crippen molar-refractivity contribution in [2.24, 2.45) is 0 Å². The zero-order valence-corrected chi connectivity index (χ0v) is 12.8. The van der Waals surface area contributed by atoms with Gasteiger partial charge in [-0.25, -0.2) is 4.79 Å². The first-order chi connectivity index (χ1) is 11.0. The zero-order chi connectivity index (χ0) is 16.8. The molecule has 0 bridgehead atoms. The van der Waals surface area contributed by atoms with Gasteiger partial charge in [0.25, 0.3) is 5.91 Å². The number of aromatic hydroxyl groups is 1. The molecule has 2 aromatic rings. The SMILES string of the molecule is COc1ccc(NC(=O)COC(=O)c2ccc(C)c(O)c2)cc1. The predicted octanol–water partition coefficient (Wildman–Crippen LogP) is 2.50. The van der Waals surface area contributed by atoms with Gasteiger partial charge in [0, 0.05) is 5.69 Å². The zero-order valence-electron chi connectivity index (χ0n) is 12.8. The van der Waals surface area contributed by atoms with Crippen LogP contribution in [0.4, 0.5) is 5.69 Å². The molecule has 120 valence electrons. The van der Waals surface area contributed by atoms with E-state index in [-0.39, 0.29) is 11.3 Å². The van der Waals surface area contributed by atoms with Crippen LogP contribution < -0.4 is 10.1 Å². The molecule has 1 amide bonds. The van der Waals surface area contributed by atoms with Crippen molar-refractivity contribution in [2.75, 3.05) is 19.0 Å². The van der Waals surface area contributed by atoms with Crippen molar-refractivity contribution in [1.29, 1.82) is 0 Å². The van der Waals surface area contributed by atoms with E-state index in [1.807, 2.05) is 0 Å². The van der Waals surface area contributed by atoms with Crippen LogP contribution in [0.5, 0.6) is 11.5 Å². The number of esters is 1. The first kappa shape index (κ1) is 16.4. The molecule has 0 saturated carbocycles. The Balaban J connectivity index is 1.87. The van der Waals surface area contributed by atoms with Crippen LogP contribution in [-0.4, -0.2) is 30.7 Å². The summed E-state index contributed by atoms with van der Waals surface area (Å²) in [5.41, 5.74) is 1.41. The number of carbonyl (C=O) groups excluding carboxylic acids is 2. The van der Waals surface area contributed by atoms with Crippen molar-refractivity contribution >= 4 is 17.6 Å². The van der Waals surface area contributed by atoms with Crippen LogP contribution >= 0.6 is 0 Å². The molecular weight excluding hydrogens is 298 g/mol. The molecule has 0 aromatic heterocycles. The van der Waals surface area contributed by atoms with Crippen molar-refractivity contribution < 1.29 is 24.2 Å². The van der Waals surface area contributed by atoms with Gasteiger partial charge in [-0.1, -0.05) is 6.07 Å². The van der Waals surface area contributed by atoms with Gasteiger partial charge in [0.2, 0.25) is 0 Å². The number of aryl methyl sites for hydroxylation is 1. The molecule has 0 spiro atoms. The lowest BCUT2D eigenvalue weighted by molar-refractivity contribution is -0.119. The topological polar surface area (TPSA) is 84.9 Å². The Bertz CT molecular complexity index is 709. The Morgan fingerprint density at radius 3 is 2.43 bits per heavy atom. The molecule has 0 unspecified atom stereocenters. The van der Waals surface area contributed by atoms with Crippen molar-refractivity contribution in [1.82, 2.24) is 0 Å². The van der Waals surface area contributed by atoms with Crippen LogP contribution in [0.1, 0.15) is 15.9 Å². The Morgan fingerprint density at radius 2 is 1.83 bits per heavy atom. The Labute approximate surface area is 133 Å². The molecule has 0 aliphatic carbocycles. The Hall–Kier alpha value is -3.02. The van der Waals surface area contributed by atoms with Gasteiger partial charge >= 0.3 is 5.97 Å². The molecule has 0 heterocycles. The van der Waals surface area contributed by atoms with Gasteiger partial charge in [0.1, 0.15) is 11.5 Å². The molecule has 6 heteroatoms. The van der Waals surface area contributed by atoms with E-state index in [0.717, 1.165) is 0 Å². The van der Waals surface area contributed by atoms with Gasteiger partial charge in [0.15, 0.2) is 6.61 Å². The predicted molar refractivity (Wildman–Crippen MR) is 84.8 cm³/mol. The number of benzene rings is 2. The third-order valence-corrected chi connectivity index (χ3v) is 3.15. The lowest BCUT2D eigenvalue weighted by Gasteiger charge is -2.08. The molecule has 23 heavy (non-hydrogen) atoms. The molecule has 0 fully saturated rings. The van der Waals surface area contributed by atoms with E-state index in [9.17, 15) is 14.7 Å². The van der Waals surface area contributed by atoms with Gasteiger partial charge in [-0.3, -0.25) is 4.79 Å². The summed E-state index contributed by atoms with van der Waals surface area (Å²) in [4.78, 5) is 23.6. The number of hydrogen-bond donors (Lipinski definition) is 2. The summed E-state index contributed by atoms with van der Waals surface area (Å²) >= 11 is 0. The van der Waals surface area contributed by atoms with E-state index in [1.54, 1.807) is 44.4 Å². The number of hydrogen-bond acceptors (Lipinski definition) is 5. The summed E-state index contributed by atoms with van der Waals surface area (Å²) in [5.74, 6) is -0.458. The van der Waals surface area contributed by atoms with Crippen molar-refractivity contribution in [3.63, 3.8) is 0 Å². The number of methoxy groups -OCH3 is 1. The van der Waals surface area contributed by atoms with Crippen LogP contribution in [0.25, 0.3) is 0 Å². The summed E-state index contributed by atoms with van der Waals surface area (Å²) in [5, 5.41) is 12.2. The fourth-order valence-corrected chi connectivity index (χ4v) is 1.82.